The van der Waals surface area contributed by atoms with Gasteiger partial charge in [0.05, 0.1) is 0 Å². The van der Waals surface area contributed by atoms with Crippen molar-refractivity contribution >= 4 is 5.91 Å². The molecule has 22 heavy (non-hydrogen) atoms. The van der Waals surface area contributed by atoms with E-state index in [1.165, 1.54) is 11.1 Å². The molecule has 0 aliphatic carbocycles. The fourth-order valence-corrected chi connectivity index (χ4v) is 3.12. The number of nitrogens with one attached hydrogen (secondary N) is 1. The third kappa shape index (κ3) is 3.37. The number of nitrogens with zero attached hydrogens (tertiary/aromatic N) is 1. The second kappa shape index (κ2) is 6.75. The number of rotatable bonds is 5. The summed E-state index contributed by atoms with van der Waals surface area (Å²) in [5.41, 5.74) is 2.57. The lowest BCUT2D eigenvalue weighted by atomic mass is 10.0. The van der Waals surface area contributed by atoms with Gasteiger partial charge in [-0.05, 0) is 18.1 Å². The van der Waals surface area contributed by atoms with E-state index in [4.69, 9.17) is 0 Å². The van der Waals surface area contributed by atoms with Gasteiger partial charge in [0.1, 0.15) is 0 Å². The summed E-state index contributed by atoms with van der Waals surface area (Å²) in [6.45, 7) is 3.82. The SMILES string of the molecule is C[C@@H](c1ccccc1)N(Cc1ccccc1)[C@H]1CNC(=O)C1. The van der Waals surface area contributed by atoms with E-state index in [-0.39, 0.29) is 18.0 Å². The highest BCUT2D eigenvalue weighted by molar-refractivity contribution is 5.78. The summed E-state index contributed by atoms with van der Waals surface area (Å²) < 4.78 is 0. The molecule has 0 bridgehead atoms. The molecule has 0 unspecified atom stereocenters. The Balaban J connectivity index is 1.84. The van der Waals surface area contributed by atoms with Crippen molar-refractivity contribution in [1.29, 1.82) is 0 Å². The molecule has 1 amide bonds. The summed E-state index contributed by atoms with van der Waals surface area (Å²) in [5, 5.41) is 2.96. The molecule has 0 aromatic heterocycles. The van der Waals surface area contributed by atoms with Crippen molar-refractivity contribution in [3.63, 3.8) is 0 Å². The van der Waals surface area contributed by atoms with Crippen molar-refractivity contribution in [3.8, 4) is 0 Å². The second-order valence-electron chi connectivity index (χ2n) is 5.91. The topological polar surface area (TPSA) is 32.3 Å². The summed E-state index contributed by atoms with van der Waals surface area (Å²) in [4.78, 5) is 14.1. The minimum atomic E-state index is 0.156. The van der Waals surface area contributed by atoms with Gasteiger partial charge in [-0.1, -0.05) is 60.7 Å². The zero-order chi connectivity index (χ0) is 15.4. The highest BCUT2D eigenvalue weighted by atomic mass is 16.1. The molecule has 3 rings (SSSR count). The first-order valence-electron chi connectivity index (χ1n) is 7.85. The van der Waals surface area contributed by atoms with Crippen molar-refractivity contribution in [3.05, 3.63) is 71.8 Å². The molecular formula is C19H22N2O. The van der Waals surface area contributed by atoms with Crippen LogP contribution >= 0.6 is 0 Å². The largest absolute Gasteiger partial charge is 0.354 e. The lowest BCUT2D eigenvalue weighted by molar-refractivity contribution is -0.119. The third-order valence-electron chi connectivity index (χ3n) is 4.41. The quantitative estimate of drug-likeness (QED) is 0.919. The summed E-state index contributed by atoms with van der Waals surface area (Å²) in [6, 6.07) is 21.5. The highest BCUT2D eigenvalue weighted by Gasteiger charge is 2.30. The zero-order valence-electron chi connectivity index (χ0n) is 12.9. The average Bonchev–Trinajstić information content (AvgIpc) is 3.00. The first kappa shape index (κ1) is 14.8. The summed E-state index contributed by atoms with van der Waals surface area (Å²) in [6.07, 6.45) is 0.587. The molecule has 3 heteroatoms. The predicted molar refractivity (Wildman–Crippen MR) is 88.3 cm³/mol. The Kier molecular flexibility index (Phi) is 4.54. The van der Waals surface area contributed by atoms with Crippen LogP contribution in [0.15, 0.2) is 60.7 Å². The molecule has 0 saturated carbocycles. The summed E-state index contributed by atoms with van der Waals surface area (Å²) >= 11 is 0. The molecule has 1 aliphatic rings. The molecule has 114 valence electrons. The van der Waals surface area contributed by atoms with Crippen LogP contribution in [-0.4, -0.2) is 23.4 Å². The van der Waals surface area contributed by atoms with Crippen LogP contribution in [0.3, 0.4) is 0 Å². The van der Waals surface area contributed by atoms with Gasteiger partial charge in [-0.25, -0.2) is 0 Å². The van der Waals surface area contributed by atoms with Gasteiger partial charge in [0.25, 0.3) is 0 Å². The molecule has 1 fully saturated rings. The lowest BCUT2D eigenvalue weighted by Gasteiger charge is -2.34. The normalized spacial score (nSPS) is 19.2. The molecule has 2 aromatic rings. The van der Waals surface area contributed by atoms with E-state index in [1.807, 2.05) is 12.1 Å². The van der Waals surface area contributed by atoms with Gasteiger partial charge in [-0.3, -0.25) is 9.69 Å². The number of hydrogen-bond acceptors (Lipinski definition) is 2. The van der Waals surface area contributed by atoms with Crippen LogP contribution in [0.25, 0.3) is 0 Å². The molecule has 3 nitrogen and oxygen atoms in total. The van der Waals surface area contributed by atoms with E-state index >= 15 is 0 Å². The minimum absolute atomic E-state index is 0.156. The first-order chi connectivity index (χ1) is 10.7. The van der Waals surface area contributed by atoms with Crippen LogP contribution in [0.1, 0.15) is 30.5 Å². The van der Waals surface area contributed by atoms with E-state index in [0.717, 1.165) is 13.1 Å². The van der Waals surface area contributed by atoms with Gasteiger partial charge in [0, 0.05) is 31.6 Å². The number of carbonyl (C=O) groups is 1. The fourth-order valence-electron chi connectivity index (χ4n) is 3.12. The van der Waals surface area contributed by atoms with Crippen LogP contribution in [0.4, 0.5) is 0 Å². The van der Waals surface area contributed by atoms with Gasteiger partial charge in [0.15, 0.2) is 0 Å². The van der Waals surface area contributed by atoms with Crippen molar-refractivity contribution < 1.29 is 4.79 Å². The zero-order valence-corrected chi connectivity index (χ0v) is 12.9. The van der Waals surface area contributed by atoms with E-state index in [2.05, 4.69) is 65.7 Å². The van der Waals surface area contributed by atoms with Crippen LogP contribution in [0.5, 0.6) is 0 Å². The van der Waals surface area contributed by atoms with E-state index in [9.17, 15) is 4.79 Å². The van der Waals surface area contributed by atoms with Crippen LogP contribution in [0.2, 0.25) is 0 Å². The summed E-state index contributed by atoms with van der Waals surface area (Å²) in [5.74, 6) is 0.156. The fraction of sp³-hybridized carbons (Fsp3) is 0.316. The molecule has 1 saturated heterocycles. The standard InChI is InChI=1S/C19H22N2O/c1-15(17-10-6-3-7-11-17)21(18-12-19(22)20-13-18)14-16-8-4-2-5-9-16/h2-11,15,18H,12-14H2,1H3,(H,20,22)/t15-,18+/m0/s1. The smallest absolute Gasteiger partial charge is 0.221 e. The maximum atomic E-state index is 11.6. The van der Waals surface area contributed by atoms with Crippen molar-refractivity contribution in [1.82, 2.24) is 10.2 Å². The number of benzene rings is 2. The Morgan fingerprint density at radius 1 is 1.09 bits per heavy atom. The van der Waals surface area contributed by atoms with Crippen LogP contribution in [-0.2, 0) is 11.3 Å². The van der Waals surface area contributed by atoms with Crippen molar-refractivity contribution in [2.45, 2.75) is 32.0 Å². The Bertz CT molecular complexity index is 612. The number of amides is 1. The van der Waals surface area contributed by atoms with Gasteiger partial charge in [-0.2, -0.15) is 0 Å². The Labute approximate surface area is 132 Å². The predicted octanol–water partition coefficient (Wildman–Crippen LogP) is 3.14. The monoisotopic (exact) mass is 294 g/mol. The highest BCUT2D eigenvalue weighted by Crippen LogP contribution is 2.27. The summed E-state index contributed by atoms with van der Waals surface area (Å²) in [7, 11) is 0. The Hall–Kier alpha value is -2.13. The van der Waals surface area contributed by atoms with Gasteiger partial charge in [-0.15, -0.1) is 0 Å². The Morgan fingerprint density at radius 2 is 1.73 bits per heavy atom. The van der Waals surface area contributed by atoms with E-state index in [1.54, 1.807) is 0 Å². The van der Waals surface area contributed by atoms with Gasteiger partial charge < -0.3 is 5.32 Å². The van der Waals surface area contributed by atoms with Gasteiger partial charge >= 0.3 is 0 Å². The molecule has 1 aliphatic heterocycles. The molecule has 1 heterocycles. The maximum Gasteiger partial charge on any atom is 0.221 e. The van der Waals surface area contributed by atoms with Crippen LogP contribution < -0.4 is 5.32 Å². The molecule has 1 N–H and O–H groups in total. The molecule has 2 atom stereocenters. The Morgan fingerprint density at radius 3 is 2.32 bits per heavy atom. The van der Waals surface area contributed by atoms with Crippen molar-refractivity contribution in [2.75, 3.05) is 6.54 Å². The number of carbonyl (C=O) groups excluding carboxylic acids is 1. The minimum Gasteiger partial charge on any atom is -0.354 e. The first-order valence-corrected chi connectivity index (χ1v) is 7.85. The molecule has 0 radical (unpaired) electrons. The third-order valence-corrected chi connectivity index (χ3v) is 4.41. The van der Waals surface area contributed by atoms with Crippen LogP contribution in [0, 0.1) is 0 Å². The maximum absolute atomic E-state index is 11.6. The number of hydrogen-bond donors (Lipinski definition) is 1. The second-order valence-corrected chi connectivity index (χ2v) is 5.91. The average molecular weight is 294 g/mol. The molecule has 2 aromatic carbocycles. The van der Waals surface area contributed by atoms with Crippen molar-refractivity contribution in [2.24, 2.45) is 0 Å². The van der Waals surface area contributed by atoms with E-state index < -0.39 is 0 Å². The molecule has 0 spiro atoms. The van der Waals surface area contributed by atoms with Gasteiger partial charge in [0.2, 0.25) is 5.91 Å². The lowest BCUT2D eigenvalue weighted by Crippen LogP contribution is -2.38. The van der Waals surface area contributed by atoms with E-state index in [0.29, 0.717) is 6.42 Å². The molecular weight excluding hydrogens is 272 g/mol.